The highest BCUT2D eigenvalue weighted by atomic mass is 35.5. The Morgan fingerprint density at radius 1 is 0.886 bits per heavy atom. The van der Waals surface area contributed by atoms with Gasteiger partial charge in [-0.2, -0.15) is 4.90 Å². The number of anilines is 1. The number of nitrogens with zero attached hydrogens (tertiary/aromatic N) is 2. The van der Waals surface area contributed by atoms with E-state index in [-0.39, 0.29) is 18.7 Å². The molecule has 0 bridgehead atoms. The first-order valence-electron chi connectivity index (χ1n) is 10.6. The predicted octanol–water partition coefficient (Wildman–Crippen LogP) is 4.62. The van der Waals surface area contributed by atoms with Crippen molar-refractivity contribution in [1.29, 1.82) is 0 Å². The molecular formula is C25H17Cl2N3O5. The van der Waals surface area contributed by atoms with Gasteiger partial charge in [-0.05, 0) is 29.3 Å². The number of fused-ring (bicyclic) bond motifs is 2. The highest BCUT2D eigenvalue weighted by Gasteiger charge is 2.68. The standard InChI is InChI=1S/C25H17Cl2N3O5/c26-18-11-10-16(12-19(18)27)13-29-20-9-5-4-8-17(20)25(22(29)32)21(31)28-23(33)30(25)24(34)35-14-15-6-2-1-3-7-15/h1-12H,13-14H2,(H,28,31,33). The molecule has 1 saturated heterocycles. The molecule has 5 rings (SSSR count). The molecule has 3 aromatic rings. The van der Waals surface area contributed by atoms with Gasteiger partial charge in [-0.25, -0.2) is 9.59 Å². The molecule has 3 aromatic carbocycles. The van der Waals surface area contributed by atoms with Gasteiger partial charge in [0.1, 0.15) is 6.61 Å². The van der Waals surface area contributed by atoms with Gasteiger partial charge in [-0.3, -0.25) is 14.9 Å². The average Bonchev–Trinajstić information content (AvgIpc) is 3.26. The molecule has 8 nitrogen and oxygen atoms in total. The van der Waals surface area contributed by atoms with Crippen LogP contribution in [0.5, 0.6) is 0 Å². The van der Waals surface area contributed by atoms with Crippen LogP contribution in [-0.2, 0) is 33.0 Å². The first-order chi connectivity index (χ1) is 16.8. The molecule has 2 heterocycles. The SMILES string of the molecule is O=C1NC(=O)C2(C(=O)N(Cc3ccc(Cl)c(Cl)c3)c3ccccc32)N1C(=O)OCc1ccccc1. The van der Waals surface area contributed by atoms with Gasteiger partial charge in [0.25, 0.3) is 11.8 Å². The average molecular weight is 510 g/mol. The maximum atomic E-state index is 13.9. The number of amides is 5. The van der Waals surface area contributed by atoms with Crippen LogP contribution >= 0.6 is 23.2 Å². The Hall–Kier alpha value is -3.88. The van der Waals surface area contributed by atoms with Crippen molar-refractivity contribution < 1.29 is 23.9 Å². The first kappa shape index (κ1) is 22.9. The summed E-state index contributed by atoms with van der Waals surface area (Å²) in [6.07, 6.45) is -1.11. The minimum Gasteiger partial charge on any atom is -0.444 e. The lowest BCUT2D eigenvalue weighted by molar-refractivity contribution is -0.137. The fourth-order valence-corrected chi connectivity index (χ4v) is 4.67. The minimum atomic E-state index is -2.22. The number of nitrogens with one attached hydrogen (secondary N) is 1. The van der Waals surface area contributed by atoms with Gasteiger partial charge < -0.3 is 9.64 Å². The second kappa shape index (κ2) is 8.72. The van der Waals surface area contributed by atoms with E-state index in [1.807, 2.05) is 6.07 Å². The van der Waals surface area contributed by atoms with E-state index in [2.05, 4.69) is 5.32 Å². The van der Waals surface area contributed by atoms with Crippen molar-refractivity contribution in [3.05, 3.63) is 99.5 Å². The highest BCUT2D eigenvalue weighted by molar-refractivity contribution is 6.42. The Kier molecular flexibility index (Phi) is 5.70. The summed E-state index contributed by atoms with van der Waals surface area (Å²) in [6, 6.07) is 19.2. The van der Waals surface area contributed by atoms with E-state index < -0.39 is 29.5 Å². The van der Waals surface area contributed by atoms with E-state index in [9.17, 15) is 19.2 Å². The Morgan fingerprint density at radius 2 is 1.60 bits per heavy atom. The number of halogens is 2. The molecule has 1 N–H and O–H groups in total. The number of hydrogen-bond acceptors (Lipinski definition) is 5. The number of rotatable bonds is 4. The maximum Gasteiger partial charge on any atom is 0.420 e. The molecule has 0 saturated carbocycles. The number of urea groups is 1. The normalized spacial score (nSPS) is 18.7. The fraction of sp³-hybridized carbons (Fsp3) is 0.120. The summed E-state index contributed by atoms with van der Waals surface area (Å²) in [5, 5.41) is 2.77. The molecule has 1 atom stereocenters. The summed E-state index contributed by atoms with van der Waals surface area (Å²) in [4.78, 5) is 54.9. The Labute approximate surface area is 210 Å². The van der Waals surface area contributed by atoms with Gasteiger partial charge in [0, 0.05) is 5.56 Å². The molecule has 1 unspecified atom stereocenters. The van der Waals surface area contributed by atoms with Crippen LogP contribution in [0.3, 0.4) is 0 Å². The maximum absolute atomic E-state index is 13.9. The molecule has 176 valence electrons. The third-order valence-electron chi connectivity index (χ3n) is 5.94. The van der Waals surface area contributed by atoms with Crippen LogP contribution < -0.4 is 10.2 Å². The monoisotopic (exact) mass is 509 g/mol. The molecule has 35 heavy (non-hydrogen) atoms. The minimum absolute atomic E-state index is 0.0306. The molecule has 2 aliphatic heterocycles. The molecule has 2 aliphatic rings. The number of hydrogen-bond donors (Lipinski definition) is 1. The number of para-hydroxylation sites is 1. The van der Waals surface area contributed by atoms with Gasteiger partial charge in [0.05, 0.1) is 22.3 Å². The molecule has 1 spiro atoms. The second-order valence-corrected chi connectivity index (χ2v) is 8.82. The fourth-order valence-electron chi connectivity index (χ4n) is 4.35. The zero-order chi connectivity index (χ0) is 24.7. The summed E-state index contributed by atoms with van der Waals surface area (Å²) in [7, 11) is 0. The quantitative estimate of drug-likeness (QED) is 0.408. The van der Waals surface area contributed by atoms with Crippen LogP contribution in [0, 0.1) is 0 Å². The summed E-state index contributed by atoms with van der Waals surface area (Å²) in [6.45, 7) is -0.112. The largest absolute Gasteiger partial charge is 0.444 e. The van der Waals surface area contributed by atoms with Crippen LogP contribution in [-0.4, -0.2) is 28.8 Å². The number of ether oxygens (including phenoxy) is 1. The molecular weight excluding hydrogens is 493 g/mol. The van der Waals surface area contributed by atoms with Gasteiger partial charge in [-0.15, -0.1) is 0 Å². The van der Waals surface area contributed by atoms with E-state index >= 15 is 0 Å². The van der Waals surface area contributed by atoms with Crippen molar-refractivity contribution in [2.45, 2.75) is 18.7 Å². The lowest BCUT2D eigenvalue weighted by Crippen LogP contribution is -2.56. The molecule has 0 aliphatic carbocycles. The summed E-state index contributed by atoms with van der Waals surface area (Å²) < 4.78 is 5.33. The van der Waals surface area contributed by atoms with Gasteiger partial charge in [-0.1, -0.05) is 77.8 Å². The lowest BCUT2D eigenvalue weighted by atomic mass is 9.90. The molecule has 0 aromatic heterocycles. The van der Waals surface area contributed by atoms with E-state index in [4.69, 9.17) is 27.9 Å². The molecule has 10 heteroatoms. The summed E-state index contributed by atoms with van der Waals surface area (Å²) in [5.41, 5.74) is -0.320. The Balaban J connectivity index is 1.53. The summed E-state index contributed by atoms with van der Waals surface area (Å²) >= 11 is 12.1. The molecule has 1 fully saturated rings. The van der Waals surface area contributed by atoms with Crippen molar-refractivity contribution in [2.75, 3.05) is 4.90 Å². The van der Waals surface area contributed by atoms with E-state index in [1.165, 1.54) is 11.0 Å². The van der Waals surface area contributed by atoms with Crippen molar-refractivity contribution in [2.24, 2.45) is 0 Å². The van der Waals surface area contributed by atoms with Crippen molar-refractivity contribution in [3.8, 4) is 0 Å². The molecule has 0 radical (unpaired) electrons. The second-order valence-electron chi connectivity index (χ2n) is 8.00. The van der Waals surface area contributed by atoms with Gasteiger partial charge >= 0.3 is 12.1 Å². The summed E-state index contributed by atoms with van der Waals surface area (Å²) in [5.74, 6) is -1.68. The van der Waals surface area contributed by atoms with Crippen molar-refractivity contribution in [1.82, 2.24) is 10.2 Å². The number of carbonyl (C=O) groups is 4. The van der Waals surface area contributed by atoms with Crippen molar-refractivity contribution >= 4 is 52.8 Å². The smallest absolute Gasteiger partial charge is 0.420 e. The Bertz CT molecular complexity index is 1380. The van der Waals surface area contributed by atoms with E-state index in [0.717, 1.165) is 0 Å². The van der Waals surface area contributed by atoms with Crippen LogP contribution in [0.25, 0.3) is 0 Å². The van der Waals surface area contributed by atoms with Gasteiger partial charge in [0.2, 0.25) is 5.54 Å². The van der Waals surface area contributed by atoms with E-state index in [0.29, 0.717) is 31.8 Å². The lowest BCUT2D eigenvalue weighted by Gasteiger charge is -2.28. The third kappa shape index (κ3) is 3.62. The molecule has 5 amide bonds. The number of benzene rings is 3. The number of carbonyl (C=O) groups excluding carboxylic acids is 4. The van der Waals surface area contributed by atoms with Crippen LogP contribution in [0.2, 0.25) is 10.0 Å². The third-order valence-corrected chi connectivity index (χ3v) is 6.68. The van der Waals surface area contributed by atoms with E-state index in [1.54, 1.807) is 60.7 Å². The zero-order valence-corrected chi connectivity index (χ0v) is 19.5. The van der Waals surface area contributed by atoms with Crippen molar-refractivity contribution in [3.63, 3.8) is 0 Å². The predicted molar refractivity (Wildman–Crippen MR) is 128 cm³/mol. The zero-order valence-electron chi connectivity index (χ0n) is 18.0. The Morgan fingerprint density at radius 3 is 2.34 bits per heavy atom. The topological polar surface area (TPSA) is 96.0 Å². The van der Waals surface area contributed by atoms with Crippen LogP contribution in [0.15, 0.2) is 72.8 Å². The van der Waals surface area contributed by atoms with Crippen LogP contribution in [0.1, 0.15) is 16.7 Å². The number of imide groups is 2. The van der Waals surface area contributed by atoms with Gasteiger partial charge in [0.15, 0.2) is 0 Å². The first-order valence-corrected chi connectivity index (χ1v) is 11.3. The highest BCUT2D eigenvalue weighted by Crippen LogP contribution is 2.47. The van der Waals surface area contributed by atoms with Crippen LogP contribution in [0.4, 0.5) is 15.3 Å².